The van der Waals surface area contributed by atoms with Gasteiger partial charge in [-0.05, 0) is 18.6 Å². The van der Waals surface area contributed by atoms with Gasteiger partial charge in [0.1, 0.15) is 0 Å². The summed E-state index contributed by atoms with van der Waals surface area (Å²) in [5.74, 6) is -1.17. The van der Waals surface area contributed by atoms with Gasteiger partial charge >= 0.3 is 0 Å². The van der Waals surface area contributed by atoms with Crippen molar-refractivity contribution in [2.45, 2.75) is 12.5 Å². The third kappa shape index (κ3) is 3.61. The lowest BCUT2D eigenvalue weighted by molar-refractivity contribution is 0.275. The Bertz CT molecular complexity index is 338. The Labute approximate surface area is 102 Å². The van der Waals surface area contributed by atoms with Crippen LogP contribution in [0.1, 0.15) is 18.0 Å². The minimum absolute atomic E-state index is 0. The maximum Gasteiger partial charge on any atom is 0.166 e. The van der Waals surface area contributed by atoms with Crippen molar-refractivity contribution in [1.29, 1.82) is 0 Å². The molecule has 15 heavy (non-hydrogen) atoms. The average molecular weight is 301 g/mol. The summed E-state index contributed by atoms with van der Waals surface area (Å²) >= 11 is 3.10. The van der Waals surface area contributed by atoms with E-state index in [0.717, 1.165) is 6.07 Å². The van der Waals surface area contributed by atoms with Crippen molar-refractivity contribution < 1.29 is 14.6 Å². The highest BCUT2D eigenvalue weighted by molar-refractivity contribution is 9.10. The fourth-order valence-electron chi connectivity index (χ4n) is 1.16. The number of halogens is 3. The molecule has 0 unspecified atom stereocenters. The van der Waals surface area contributed by atoms with Crippen molar-refractivity contribution >= 4 is 28.3 Å². The molecule has 0 aromatic heterocycles. The molecule has 0 saturated heterocycles. The van der Waals surface area contributed by atoms with Crippen molar-refractivity contribution in [3.63, 3.8) is 0 Å². The largest absolute Gasteiger partial charge is 0.505 e. The Morgan fingerprint density at radius 2 is 2.07 bits per heavy atom. The second kappa shape index (κ2) is 6.27. The molecule has 0 aliphatic heterocycles. The zero-order valence-electron chi connectivity index (χ0n) is 7.78. The lowest BCUT2D eigenvalue weighted by Gasteiger charge is -2.13. The molecule has 1 atom stereocenters. The zero-order valence-corrected chi connectivity index (χ0v) is 10.2. The fourth-order valence-corrected chi connectivity index (χ4v) is 1.61. The van der Waals surface area contributed by atoms with Crippen molar-refractivity contribution in [1.82, 2.24) is 0 Å². The summed E-state index contributed by atoms with van der Waals surface area (Å²) in [5.41, 5.74) is 5.93. The van der Waals surface area contributed by atoms with E-state index < -0.39 is 17.6 Å². The number of nitrogens with two attached hydrogens (primary N) is 1. The van der Waals surface area contributed by atoms with Gasteiger partial charge < -0.3 is 15.9 Å². The topological polar surface area (TPSA) is 66.5 Å². The molecule has 1 aromatic carbocycles. The SMILES string of the molecule is Cl.N[C@H](CCO)c1cc(Br)cc(F)c1O. The average Bonchev–Trinajstić information content (AvgIpc) is 2.11. The van der Waals surface area contributed by atoms with Crippen LogP contribution in [0.15, 0.2) is 16.6 Å². The van der Waals surface area contributed by atoms with Crippen LogP contribution >= 0.6 is 28.3 Å². The fraction of sp³-hybridized carbons (Fsp3) is 0.333. The van der Waals surface area contributed by atoms with Gasteiger partial charge in [0.15, 0.2) is 11.6 Å². The molecule has 3 nitrogen and oxygen atoms in total. The van der Waals surface area contributed by atoms with Crippen LogP contribution in [0.4, 0.5) is 4.39 Å². The highest BCUT2D eigenvalue weighted by atomic mass is 79.9. The number of aliphatic hydroxyl groups is 1. The summed E-state index contributed by atoms with van der Waals surface area (Å²) < 4.78 is 13.6. The second-order valence-electron chi connectivity index (χ2n) is 2.94. The van der Waals surface area contributed by atoms with E-state index in [9.17, 15) is 9.50 Å². The minimum atomic E-state index is -0.720. The predicted octanol–water partition coefficient (Wildman–Crippen LogP) is 2.10. The standard InChI is InChI=1S/C9H11BrFNO2.ClH/c10-5-3-6(8(12)1-2-13)9(14)7(11)4-5;/h3-4,8,13-14H,1-2,12H2;1H/t8-;/m1./s1. The van der Waals surface area contributed by atoms with Crippen molar-refractivity contribution in [2.24, 2.45) is 5.73 Å². The van der Waals surface area contributed by atoms with Crippen LogP contribution in [0.25, 0.3) is 0 Å². The van der Waals surface area contributed by atoms with Crippen LogP contribution in [0.5, 0.6) is 5.75 Å². The number of phenols is 1. The van der Waals surface area contributed by atoms with Gasteiger partial charge in [-0.3, -0.25) is 0 Å². The molecule has 0 saturated carbocycles. The van der Waals surface area contributed by atoms with Gasteiger partial charge in [-0.2, -0.15) is 0 Å². The number of aliphatic hydroxyl groups excluding tert-OH is 1. The molecule has 0 aliphatic rings. The molecule has 4 N–H and O–H groups in total. The third-order valence-electron chi connectivity index (χ3n) is 1.90. The molecule has 1 rings (SSSR count). The quantitative estimate of drug-likeness (QED) is 0.801. The van der Waals surface area contributed by atoms with E-state index in [-0.39, 0.29) is 25.4 Å². The van der Waals surface area contributed by atoms with Gasteiger partial charge in [0, 0.05) is 22.7 Å². The van der Waals surface area contributed by atoms with Crippen molar-refractivity contribution in [3.05, 3.63) is 28.0 Å². The van der Waals surface area contributed by atoms with E-state index in [4.69, 9.17) is 10.8 Å². The Morgan fingerprint density at radius 1 is 1.47 bits per heavy atom. The van der Waals surface area contributed by atoms with Gasteiger partial charge in [0.05, 0.1) is 0 Å². The lowest BCUT2D eigenvalue weighted by Crippen LogP contribution is -2.12. The van der Waals surface area contributed by atoms with Gasteiger partial charge in [-0.25, -0.2) is 4.39 Å². The summed E-state index contributed by atoms with van der Waals surface area (Å²) in [6.45, 7) is -0.102. The van der Waals surface area contributed by atoms with Crippen LogP contribution in [-0.2, 0) is 0 Å². The highest BCUT2D eigenvalue weighted by Gasteiger charge is 2.14. The van der Waals surface area contributed by atoms with E-state index in [1.165, 1.54) is 0 Å². The number of rotatable bonds is 3. The number of hydrogen-bond acceptors (Lipinski definition) is 3. The first-order valence-electron chi connectivity index (χ1n) is 4.10. The summed E-state index contributed by atoms with van der Waals surface area (Å²) in [6.07, 6.45) is 0.281. The van der Waals surface area contributed by atoms with Crippen LogP contribution in [0.3, 0.4) is 0 Å². The Hall–Kier alpha value is -0.360. The zero-order chi connectivity index (χ0) is 10.7. The van der Waals surface area contributed by atoms with Crippen LogP contribution < -0.4 is 5.73 Å². The summed E-state index contributed by atoms with van der Waals surface area (Å²) in [4.78, 5) is 0. The number of hydrogen-bond donors (Lipinski definition) is 3. The van der Waals surface area contributed by atoms with Crippen molar-refractivity contribution in [2.75, 3.05) is 6.61 Å². The van der Waals surface area contributed by atoms with Gasteiger partial charge in [0.2, 0.25) is 0 Å². The van der Waals surface area contributed by atoms with E-state index >= 15 is 0 Å². The van der Waals surface area contributed by atoms with Gasteiger partial charge in [-0.1, -0.05) is 15.9 Å². The molecular weight excluding hydrogens is 288 g/mol. The van der Waals surface area contributed by atoms with Gasteiger partial charge in [-0.15, -0.1) is 12.4 Å². The van der Waals surface area contributed by atoms with Crippen LogP contribution in [0, 0.1) is 5.82 Å². The lowest BCUT2D eigenvalue weighted by atomic mass is 10.0. The molecule has 0 radical (unpaired) electrons. The molecule has 1 aromatic rings. The Balaban J connectivity index is 0.00000196. The molecule has 0 amide bonds. The first kappa shape index (κ1) is 14.6. The molecule has 0 bridgehead atoms. The van der Waals surface area contributed by atoms with Crippen LogP contribution in [-0.4, -0.2) is 16.8 Å². The molecular formula is C9H12BrClFNO2. The van der Waals surface area contributed by atoms with Gasteiger partial charge in [0.25, 0.3) is 0 Å². The van der Waals surface area contributed by atoms with E-state index in [2.05, 4.69) is 15.9 Å². The number of phenolic OH excluding ortho intramolecular Hbond substituents is 1. The predicted molar refractivity (Wildman–Crippen MR) is 61.6 cm³/mol. The minimum Gasteiger partial charge on any atom is -0.505 e. The smallest absolute Gasteiger partial charge is 0.166 e. The number of aromatic hydroxyl groups is 1. The first-order valence-corrected chi connectivity index (χ1v) is 4.90. The first-order chi connectivity index (χ1) is 6.56. The van der Waals surface area contributed by atoms with E-state index in [0.29, 0.717) is 10.0 Å². The van der Waals surface area contributed by atoms with Crippen molar-refractivity contribution in [3.8, 4) is 5.75 Å². The summed E-state index contributed by atoms with van der Waals surface area (Å²) in [6, 6.07) is 2.13. The molecule has 0 spiro atoms. The third-order valence-corrected chi connectivity index (χ3v) is 2.36. The highest BCUT2D eigenvalue weighted by Crippen LogP contribution is 2.30. The monoisotopic (exact) mass is 299 g/mol. The normalized spacial score (nSPS) is 12.0. The van der Waals surface area contributed by atoms with E-state index in [1.807, 2.05) is 0 Å². The summed E-state index contributed by atoms with van der Waals surface area (Å²) in [7, 11) is 0. The number of benzene rings is 1. The second-order valence-corrected chi connectivity index (χ2v) is 3.86. The summed E-state index contributed by atoms with van der Waals surface area (Å²) in [5, 5.41) is 18.0. The van der Waals surface area contributed by atoms with E-state index in [1.54, 1.807) is 6.07 Å². The Kier molecular flexibility index (Phi) is 6.12. The van der Waals surface area contributed by atoms with Crippen LogP contribution in [0.2, 0.25) is 0 Å². The molecule has 0 fully saturated rings. The maximum absolute atomic E-state index is 13.0. The molecule has 6 heteroatoms. The Morgan fingerprint density at radius 3 is 2.60 bits per heavy atom. The molecule has 86 valence electrons. The molecule has 0 heterocycles. The maximum atomic E-state index is 13.0. The molecule has 0 aliphatic carbocycles.